The van der Waals surface area contributed by atoms with Gasteiger partial charge >= 0.3 is 0 Å². The first-order valence-corrected chi connectivity index (χ1v) is 7.70. The number of aryl methyl sites for hydroxylation is 1. The number of hydrogen-bond donors (Lipinski definition) is 1. The second kappa shape index (κ2) is 4.34. The monoisotopic (exact) mass is 271 g/mol. The van der Waals surface area contributed by atoms with Crippen molar-refractivity contribution in [2.75, 3.05) is 0 Å². The van der Waals surface area contributed by atoms with Gasteiger partial charge in [-0.15, -0.1) is 0 Å². The molecule has 2 saturated carbocycles. The number of carbonyl (C=O) groups excluding carboxylic acids is 1. The first kappa shape index (κ1) is 13.7. The molecule has 0 unspecified atom stereocenters. The van der Waals surface area contributed by atoms with E-state index in [1.165, 1.54) is 24.8 Å². The summed E-state index contributed by atoms with van der Waals surface area (Å²) in [6.07, 6.45) is 3.83. The number of carbonyl (C=O) groups is 1. The zero-order chi connectivity index (χ0) is 14.5. The lowest BCUT2D eigenvalue weighted by Crippen LogP contribution is -2.52. The Bertz CT molecular complexity index is 526. The van der Waals surface area contributed by atoms with Crippen molar-refractivity contribution >= 4 is 5.91 Å². The molecule has 0 radical (unpaired) electrons. The summed E-state index contributed by atoms with van der Waals surface area (Å²) >= 11 is 0. The molecule has 2 aliphatic rings. The molecule has 1 aromatic rings. The van der Waals surface area contributed by atoms with Crippen molar-refractivity contribution < 1.29 is 4.79 Å². The van der Waals surface area contributed by atoms with E-state index in [2.05, 4.69) is 26.1 Å². The molecule has 0 aliphatic heterocycles. The van der Waals surface area contributed by atoms with Crippen LogP contribution in [0.15, 0.2) is 24.3 Å². The quantitative estimate of drug-likeness (QED) is 0.867. The summed E-state index contributed by atoms with van der Waals surface area (Å²) in [4.78, 5) is 12.5. The van der Waals surface area contributed by atoms with Crippen LogP contribution in [0.4, 0.5) is 0 Å². The minimum Gasteiger partial charge on any atom is -0.348 e. The van der Waals surface area contributed by atoms with Crippen LogP contribution in [0.25, 0.3) is 0 Å². The fraction of sp³-hybridized carbons (Fsp3) is 0.611. The fourth-order valence-corrected chi connectivity index (χ4v) is 4.58. The minimum atomic E-state index is 0.0804. The van der Waals surface area contributed by atoms with Crippen molar-refractivity contribution in [1.82, 2.24) is 5.32 Å². The van der Waals surface area contributed by atoms with Crippen LogP contribution in [-0.2, 0) is 0 Å². The number of hydrogen-bond acceptors (Lipinski definition) is 1. The molecule has 3 atom stereocenters. The van der Waals surface area contributed by atoms with Gasteiger partial charge in [0.05, 0.1) is 0 Å². The van der Waals surface area contributed by atoms with Crippen molar-refractivity contribution in [3.63, 3.8) is 0 Å². The molecule has 2 nitrogen and oxygen atoms in total. The Balaban J connectivity index is 1.80. The highest BCUT2D eigenvalue weighted by Crippen LogP contribution is 2.62. The molecule has 2 bridgehead atoms. The maximum atomic E-state index is 12.5. The van der Waals surface area contributed by atoms with Crippen molar-refractivity contribution in [3.8, 4) is 0 Å². The Hall–Kier alpha value is -1.31. The first-order valence-electron chi connectivity index (χ1n) is 7.70. The van der Waals surface area contributed by atoms with Gasteiger partial charge in [-0.2, -0.15) is 0 Å². The summed E-state index contributed by atoms with van der Waals surface area (Å²) in [7, 11) is 0. The van der Waals surface area contributed by atoms with Gasteiger partial charge in [0.1, 0.15) is 0 Å². The van der Waals surface area contributed by atoms with E-state index in [4.69, 9.17) is 0 Å². The zero-order valence-electron chi connectivity index (χ0n) is 13.0. The molecule has 0 aromatic heterocycles. The fourth-order valence-electron chi connectivity index (χ4n) is 4.58. The van der Waals surface area contributed by atoms with E-state index in [1.807, 2.05) is 31.2 Å². The lowest BCUT2D eigenvalue weighted by atomic mass is 9.68. The Morgan fingerprint density at radius 2 is 1.85 bits per heavy atom. The van der Waals surface area contributed by atoms with E-state index in [1.54, 1.807) is 0 Å². The van der Waals surface area contributed by atoms with Crippen LogP contribution < -0.4 is 5.32 Å². The lowest BCUT2D eigenvalue weighted by Gasteiger charge is -2.43. The molecule has 3 rings (SSSR count). The summed E-state index contributed by atoms with van der Waals surface area (Å²) < 4.78 is 0. The summed E-state index contributed by atoms with van der Waals surface area (Å²) in [6, 6.07) is 8.15. The highest BCUT2D eigenvalue weighted by molar-refractivity contribution is 5.94. The van der Waals surface area contributed by atoms with E-state index in [-0.39, 0.29) is 16.7 Å². The summed E-state index contributed by atoms with van der Waals surface area (Å²) in [5.41, 5.74) is 2.47. The smallest absolute Gasteiger partial charge is 0.251 e. The molecule has 1 aromatic carbocycles. The maximum absolute atomic E-state index is 12.5. The Labute approximate surface area is 122 Å². The molecule has 2 heteroatoms. The third-order valence-corrected chi connectivity index (χ3v) is 5.86. The molecule has 108 valence electrons. The van der Waals surface area contributed by atoms with Crippen molar-refractivity contribution in [1.29, 1.82) is 0 Å². The van der Waals surface area contributed by atoms with Crippen molar-refractivity contribution in [2.24, 2.45) is 16.7 Å². The summed E-state index contributed by atoms with van der Waals surface area (Å²) in [5.74, 6) is 0.840. The standard InChI is InChI=1S/C18H25NO/c1-12-5-7-13(8-6-12)15(20)19-16-17(2,3)14-9-10-18(16,4)11-14/h5-8,14,16H,9-11H2,1-4H3,(H,19,20)/t14-,16+,18+/m0/s1. The van der Waals surface area contributed by atoms with E-state index >= 15 is 0 Å². The van der Waals surface area contributed by atoms with Crippen LogP contribution in [0.1, 0.15) is 56.0 Å². The predicted octanol–water partition coefficient (Wildman–Crippen LogP) is 3.94. The maximum Gasteiger partial charge on any atom is 0.251 e. The first-order chi connectivity index (χ1) is 9.33. The van der Waals surface area contributed by atoms with E-state index < -0.39 is 0 Å². The molecule has 2 aliphatic carbocycles. The van der Waals surface area contributed by atoms with Gasteiger partial charge in [-0.3, -0.25) is 4.79 Å². The van der Waals surface area contributed by atoms with Gasteiger partial charge in [0, 0.05) is 11.6 Å². The van der Waals surface area contributed by atoms with Crippen molar-refractivity contribution in [3.05, 3.63) is 35.4 Å². The van der Waals surface area contributed by atoms with Crippen molar-refractivity contribution in [2.45, 2.75) is 53.0 Å². The van der Waals surface area contributed by atoms with Gasteiger partial charge in [-0.1, -0.05) is 38.5 Å². The third-order valence-electron chi connectivity index (χ3n) is 5.86. The van der Waals surface area contributed by atoms with Crippen LogP contribution in [0.3, 0.4) is 0 Å². The van der Waals surface area contributed by atoms with E-state index in [0.717, 1.165) is 11.5 Å². The highest BCUT2D eigenvalue weighted by Gasteiger charge is 2.59. The minimum absolute atomic E-state index is 0.0804. The second-order valence-electron chi connectivity index (χ2n) is 7.69. The van der Waals surface area contributed by atoms with Gasteiger partial charge in [0.2, 0.25) is 0 Å². The average Bonchev–Trinajstić information content (AvgIpc) is 2.86. The zero-order valence-corrected chi connectivity index (χ0v) is 13.0. The predicted molar refractivity (Wildman–Crippen MR) is 81.7 cm³/mol. The molecule has 1 N–H and O–H groups in total. The Morgan fingerprint density at radius 1 is 1.20 bits per heavy atom. The largest absolute Gasteiger partial charge is 0.348 e. The number of fused-ring (bicyclic) bond motifs is 2. The van der Waals surface area contributed by atoms with Gasteiger partial charge in [0.15, 0.2) is 0 Å². The average molecular weight is 271 g/mol. The number of amides is 1. The van der Waals surface area contributed by atoms with E-state index in [9.17, 15) is 4.79 Å². The second-order valence-corrected chi connectivity index (χ2v) is 7.69. The molecular formula is C18H25NO. The molecule has 20 heavy (non-hydrogen) atoms. The van der Waals surface area contributed by atoms with Crippen LogP contribution in [-0.4, -0.2) is 11.9 Å². The lowest BCUT2D eigenvalue weighted by molar-refractivity contribution is 0.0737. The number of benzene rings is 1. The van der Waals surface area contributed by atoms with Gasteiger partial charge < -0.3 is 5.32 Å². The molecule has 1 amide bonds. The molecule has 0 spiro atoms. The number of rotatable bonds is 2. The Morgan fingerprint density at radius 3 is 2.40 bits per heavy atom. The van der Waals surface area contributed by atoms with Gasteiger partial charge in [0.25, 0.3) is 5.91 Å². The van der Waals surface area contributed by atoms with Crippen LogP contribution in [0.2, 0.25) is 0 Å². The van der Waals surface area contributed by atoms with Crippen LogP contribution in [0, 0.1) is 23.7 Å². The SMILES string of the molecule is Cc1ccc(C(=O)N[C@@H]2C(C)(C)[C@H]3CC[C@]2(C)C3)cc1. The molecule has 0 saturated heterocycles. The molecule has 0 heterocycles. The number of nitrogens with one attached hydrogen (secondary N) is 1. The van der Waals surface area contributed by atoms with Crippen LogP contribution in [0.5, 0.6) is 0 Å². The van der Waals surface area contributed by atoms with Gasteiger partial charge in [-0.25, -0.2) is 0 Å². The summed E-state index contributed by atoms with van der Waals surface area (Å²) in [5, 5.41) is 3.34. The Kier molecular flexibility index (Phi) is 2.97. The summed E-state index contributed by atoms with van der Waals surface area (Å²) in [6.45, 7) is 9.04. The van der Waals surface area contributed by atoms with Gasteiger partial charge in [-0.05, 0) is 55.1 Å². The van der Waals surface area contributed by atoms with E-state index in [0.29, 0.717) is 6.04 Å². The normalized spacial score (nSPS) is 34.2. The third kappa shape index (κ3) is 1.97. The molecule has 2 fully saturated rings. The molecular weight excluding hydrogens is 246 g/mol. The highest BCUT2D eigenvalue weighted by atomic mass is 16.1. The topological polar surface area (TPSA) is 29.1 Å². The van der Waals surface area contributed by atoms with Crippen LogP contribution >= 0.6 is 0 Å².